The van der Waals surface area contributed by atoms with Crippen LogP contribution in [0.25, 0.3) is 0 Å². The number of hydrogen-bond donors (Lipinski definition) is 1. The molecule has 0 spiro atoms. The van der Waals surface area contributed by atoms with Crippen molar-refractivity contribution in [2.45, 2.75) is 50.6 Å². The monoisotopic (exact) mass is 305 g/mol. The molecule has 1 fully saturated rings. The maximum atomic E-state index is 12.3. The van der Waals surface area contributed by atoms with E-state index in [1.54, 1.807) is 11.3 Å². The van der Waals surface area contributed by atoms with E-state index in [4.69, 9.17) is 0 Å². The summed E-state index contributed by atoms with van der Waals surface area (Å²) in [7, 11) is 1.95. The van der Waals surface area contributed by atoms with Crippen LogP contribution in [0.1, 0.15) is 49.9 Å². The Kier molecular flexibility index (Phi) is 5.38. The van der Waals surface area contributed by atoms with Crippen molar-refractivity contribution in [1.82, 2.24) is 10.2 Å². The summed E-state index contributed by atoms with van der Waals surface area (Å²) in [5, 5.41) is 14.4. The lowest BCUT2D eigenvalue weighted by atomic mass is 9.83. The predicted octanol–water partition coefficient (Wildman–Crippen LogP) is 3.08. The second-order valence-corrected chi connectivity index (χ2v) is 6.89. The highest BCUT2D eigenvalue weighted by Crippen LogP contribution is 2.28. The number of likely N-dealkylation sites (N-methyl/N-ethyl adjacent to an activating group) is 1. The lowest BCUT2D eigenvalue weighted by molar-refractivity contribution is -0.124. The van der Waals surface area contributed by atoms with Gasteiger partial charge in [-0.1, -0.05) is 25.3 Å². The van der Waals surface area contributed by atoms with E-state index in [-0.39, 0.29) is 11.9 Å². The minimum absolute atomic E-state index is 0.0515. The minimum atomic E-state index is -0.637. The molecule has 1 aliphatic rings. The van der Waals surface area contributed by atoms with Gasteiger partial charge in [0.1, 0.15) is 5.54 Å². The molecule has 0 aromatic carbocycles. The number of amides is 1. The SMILES string of the molecule is CC(c1cccs1)N(C)CC(=O)NC1(C#N)CCCCC1. The number of hydrogen-bond acceptors (Lipinski definition) is 4. The summed E-state index contributed by atoms with van der Waals surface area (Å²) in [5.74, 6) is -0.0515. The molecule has 21 heavy (non-hydrogen) atoms. The average molecular weight is 305 g/mol. The molecule has 1 aliphatic carbocycles. The second kappa shape index (κ2) is 7.06. The standard InChI is InChI=1S/C16H23N3OS/c1-13(14-7-6-10-21-14)19(2)11-15(20)18-16(12-17)8-4-3-5-9-16/h6-7,10,13H,3-5,8-9,11H2,1-2H3,(H,18,20). The van der Waals surface area contributed by atoms with Gasteiger partial charge in [-0.3, -0.25) is 9.69 Å². The molecule has 0 radical (unpaired) electrons. The summed E-state index contributed by atoms with van der Waals surface area (Å²) in [6.45, 7) is 2.42. The molecule has 1 heterocycles. The van der Waals surface area contributed by atoms with Gasteiger partial charge in [0.2, 0.25) is 5.91 Å². The van der Waals surface area contributed by atoms with Gasteiger partial charge in [-0.2, -0.15) is 5.26 Å². The van der Waals surface area contributed by atoms with Crippen molar-refractivity contribution < 1.29 is 4.79 Å². The van der Waals surface area contributed by atoms with Crippen LogP contribution in [0.4, 0.5) is 0 Å². The number of nitriles is 1. The first-order valence-corrected chi connectivity index (χ1v) is 8.40. The van der Waals surface area contributed by atoms with Crippen LogP contribution >= 0.6 is 11.3 Å². The number of rotatable bonds is 5. The first-order chi connectivity index (χ1) is 10.1. The van der Waals surface area contributed by atoms with Gasteiger partial charge >= 0.3 is 0 Å². The molecule has 1 N–H and O–H groups in total. The van der Waals surface area contributed by atoms with Crippen molar-refractivity contribution in [3.8, 4) is 6.07 Å². The summed E-state index contributed by atoms with van der Waals surface area (Å²) in [4.78, 5) is 15.5. The van der Waals surface area contributed by atoms with E-state index in [1.807, 2.05) is 23.4 Å². The third kappa shape index (κ3) is 4.05. The molecular weight excluding hydrogens is 282 g/mol. The fourth-order valence-corrected chi connectivity index (χ4v) is 3.68. The fraction of sp³-hybridized carbons (Fsp3) is 0.625. The van der Waals surface area contributed by atoms with E-state index in [1.165, 1.54) is 4.88 Å². The summed E-state index contributed by atoms with van der Waals surface area (Å²) in [6, 6.07) is 6.65. The van der Waals surface area contributed by atoms with E-state index in [0.717, 1.165) is 32.1 Å². The van der Waals surface area contributed by atoms with Gasteiger partial charge in [0.15, 0.2) is 0 Å². The van der Waals surface area contributed by atoms with Crippen molar-refractivity contribution in [2.75, 3.05) is 13.6 Å². The minimum Gasteiger partial charge on any atom is -0.337 e. The Morgan fingerprint density at radius 3 is 2.81 bits per heavy atom. The Morgan fingerprint density at radius 1 is 1.52 bits per heavy atom. The van der Waals surface area contributed by atoms with E-state index < -0.39 is 5.54 Å². The highest BCUT2D eigenvalue weighted by molar-refractivity contribution is 7.10. The van der Waals surface area contributed by atoms with Crippen LogP contribution in [0.5, 0.6) is 0 Å². The van der Waals surface area contributed by atoms with Gasteiger partial charge in [0.05, 0.1) is 12.6 Å². The lowest BCUT2D eigenvalue weighted by Gasteiger charge is -2.32. The van der Waals surface area contributed by atoms with Crippen molar-refractivity contribution in [3.05, 3.63) is 22.4 Å². The first kappa shape index (κ1) is 16.0. The molecule has 1 saturated carbocycles. The Hall–Kier alpha value is -1.38. The van der Waals surface area contributed by atoms with Gasteiger partial charge < -0.3 is 5.32 Å². The number of carbonyl (C=O) groups is 1. The molecular formula is C16H23N3OS. The molecule has 0 bridgehead atoms. The second-order valence-electron chi connectivity index (χ2n) is 5.91. The molecule has 1 unspecified atom stereocenters. The van der Waals surface area contributed by atoms with E-state index in [0.29, 0.717) is 6.54 Å². The Labute approximate surface area is 130 Å². The highest BCUT2D eigenvalue weighted by atomic mass is 32.1. The van der Waals surface area contributed by atoms with Crippen LogP contribution < -0.4 is 5.32 Å². The average Bonchev–Trinajstić information content (AvgIpc) is 3.01. The van der Waals surface area contributed by atoms with Crippen LogP contribution in [0.15, 0.2) is 17.5 Å². The predicted molar refractivity (Wildman–Crippen MR) is 84.9 cm³/mol. The van der Waals surface area contributed by atoms with Crippen molar-refractivity contribution in [3.63, 3.8) is 0 Å². The zero-order valence-electron chi connectivity index (χ0n) is 12.8. The smallest absolute Gasteiger partial charge is 0.235 e. The summed E-state index contributed by atoms with van der Waals surface area (Å²) in [6.07, 6.45) is 4.76. The zero-order valence-corrected chi connectivity index (χ0v) is 13.6. The molecule has 1 aromatic rings. The van der Waals surface area contributed by atoms with Gasteiger partial charge in [0, 0.05) is 10.9 Å². The van der Waals surface area contributed by atoms with Crippen molar-refractivity contribution >= 4 is 17.2 Å². The zero-order chi connectivity index (χ0) is 15.3. The third-order valence-corrected chi connectivity index (χ3v) is 5.35. The van der Waals surface area contributed by atoms with E-state index >= 15 is 0 Å². The summed E-state index contributed by atoms with van der Waals surface area (Å²) in [5.41, 5.74) is -0.637. The van der Waals surface area contributed by atoms with Crippen LogP contribution in [0.3, 0.4) is 0 Å². The maximum absolute atomic E-state index is 12.3. The number of carbonyl (C=O) groups excluding carboxylic acids is 1. The molecule has 4 nitrogen and oxygen atoms in total. The topological polar surface area (TPSA) is 56.1 Å². The Balaban J connectivity index is 1.90. The Bertz CT molecular complexity index is 500. The van der Waals surface area contributed by atoms with E-state index in [2.05, 4.69) is 24.4 Å². The molecule has 1 aromatic heterocycles. The molecule has 5 heteroatoms. The number of nitrogens with one attached hydrogen (secondary N) is 1. The number of nitrogens with zero attached hydrogens (tertiary/aromatic N) is 2. The molecule has 0 saturated heterocycles. The van der Waals surface area contributed by atoms with E-state index in [9.17, 15) is 10.1 Å². The normalized spacial score (nSPS) is 19.0. The van der Waals surface area contributed by atoms with Crippen LogP contribution in [-0.4, -0.2) is 29.9 Å². The molecule has 114 valence electrons. The lowest BCUT2D eigenvalue weighted by Crippen LogP contribution is -2.51. The van der Waals surface area contributed by atoms with Gasteiger partial charge in [-0.15, -0.1) is 11.3 Å². The fourth-order valence-electron chi connectivity index (χ4n) is 2.84. The summed E-state index contributed by atoms with van der Waals surface area (Å²) < 4.78 is 0. The molecule has 0 aliphatic heterocycles. The van der Waals surface area contributed by atoms with Crippen LogP contribution in [-0.2, 0) is 4.79 Å². The maximum Gasteiger partial charge on any atom is 0.235 e. The molecule has 2 rings (SSSR count). The van der Waals surface area contributed by atoms with Gasteiger partial charge in [-0.25, -0.2) is 0 Å². The Morgan fingerprint density at radius 2 is 2.24 bits per heavy atom. The quantitative estimate of drug-likeness (QED) is 0.909. The number of thiophene rings is 1. The molecule has 1 atom stereocenters. The van der Waals surface area contributed by atoms with Gasteiger partial charge in [-0.05, 0) is 38.3 Å². The highest BCUT2D eigenvalue weighted by Gasteiger charge is 2.33. The van der Waals surface area contributed by atoms with Crippen LogP contribution in [0.2, 0.25) is 0 Å². The largest absolute Gasteiger partial charge is 0.337 e. The third-order valence-electron chi connectivity index (χ3n) is 4.31. The summed E-state index contributed by atoms with van der Waals surface area (Å²) >= 11 is 1.70. The molecule has 1 amide bonds. The first-order valence-electron chi connectivity index (χ1n) is 7.52. The van der Waals surface area contributed by atoms with Crippen LogP contribution in [0, 0.1) is 11.3 Å². The van der Waals surface area contributed by atoms with Gasteiger partial charge in [0.25, 0.3) is 0 Å². The van der Waals surface area contributed by atoms with Crippen molar-refractivity contribution in [2.24, 2.45) is 0 Å². The van der Waals surface area contributed by atoms with Crippen molar-refractivity contribution in [1.29, 1.82) is 5.26 Å².